The maximum atomic E-state index is 12.6. The number of piperidine rings is 1. The second kappa shape index (κ2) is 7.60. The van der Waals surface area contributed by atoms with Gasteiger partial charge in [0.1, 0.15) is 17.0 Å². The van der Waals surface area contributed by atoms with E-state index >= 15 is 0 Å². The maximum absolute atomic E-state index is 12.6. The predicted octanol–water partition coefficient (Wildman–Crippen LogP) is 2.41. The van der Waals surface area contributed by atoms with Gasteiger partial charge in [-0.1, -0.05) is 30.3 Å². The monoisotopic (exact) mass is 374 g/mol. The van der Waals surface area contributed by atoms with Crippen LogP contribution in [0.1, 0.15) is 39.2 Å². The highest BCUT2D eigenvalue weighted by molar-refractivity contribution is 5.79. The molecule has 0 saturated carbocycles. The van der Waals surface area contributed by atoms with Gasteiger partial charge < -0.3 is 19.6 Å². The number of benzene rings is 1. The largest absolute Gasteiger partial charge is 0.444 e. The number of amides is 1. The number of carbonyl (C=O) groups is 2. The van der Waals surface area contributed by atoms with Gasteiger partial charge in [0, 0.05) is 44.9 Å². The van der Waals surface area contributed by atoms with Gasteiger partial charge in [0.05, 0.1) is 6.54 Å². The standard InChI is InChI=1S/C21H30N2O4/c1-20(2,3)27-19(25)23-14-17(13-22-11-9-18(24)10-12-22)21(26,15-23)16-7-5-4-6-8-16/h4-8,17,26H,9-15H2,1-3H3/t17-,21-/m0/s1. The Morgan fingerprint density at radius 1 is 1.22 bits per heavy atom. The first-order valence-corrected chi connectivity index (χ1v) is 9.67. The summed E-state index contributed by atoms with van der Waals surface area (Å²) in [4.78, 5) is 27.9. The number of aliphatic hydroxyl groups is 1. The average molecular weight is 374 g/mol. The molecule has 2 saturated heterocycles. The predicted molar refractivity (Wildman–Crippen MR) is 102 cm³/mol. The van der Waals surface area contributed by atoms with Crippen LogP contribution >= 0.6 is 0 Å². The van der Waals surface area contributed by atoms with Crippen molar-refractivity contribution in [2.24, 2.45) is 5.92 Å². The summed E-state index contributed by atoms with van der Waals surface area (Å²) in [7, 11) is 0. The Balaban J connectivity index is 1.79. The number of rotatable bonds is 3. The zero-order valence-corrected chi connectivity index (χ0v) is 16.5. The van der Waals surface area contributed by atoms with Crippen molar-refractivity contribution in [2.75, 3.05) is 32.7 Å². The van der Waals surface area contributed by atoms with Crippen LogP contribution in [-0.4, -0.2) is 65.1 Å². The number of Topliss-reactive ketones (excluding diaryl/α,β-unsaturated/α-hetero) is 1. The third kappa shape index (κ3) is 4.68. The number of ketones is 1. The summed E-state index contributed by atoms with van der Waals surface area (Å²) in [5.41, 5.74) is -0.887. The molecule has 0 bridgehead atoms. The molecule has 1 aromatic rings. The van der Waals surface area contributed by atoms with Crippen molar-refractivity contribution in [1.29, 1.82) is 0 Å². The molecule has 0 spiro atoms. The average Bonchev–Trinajstić information content (AvgIpc) is 2.94. The highest BCUT2D eigenvalue weighted by atomic mass is 16.6. The van der Waals surface area contributed by atoms with Crippen LogP contribution in [-0.2, 0) is 15.1 Å². The topological polar surface area (TPSA) is 70.1 Å². The summed E-state index contributed by atoms with van der Waals surface area (Å²) in [5, 5.41) is 11.6. The third-order valence-electron chi connectivity index (χ3n) is 5.37. The molecule has 2 heterocycles. The summed E-state index contributed by atoms with van der Waals surface area (Å²) in [6, 6.07) is 9.54. The van der Waals surface area contributed by atoms with Crippen molar-refractivity contribution in [3.63, 3.8) is 0 Å². The van der Waals surface area contributed by atoms with Gasteiger partial charge >= 0.3 is 6.09 Å². The first-order valence-electron chi connectivity index (χ1n) is 9.67. The number of carbonyl (C=O) groups excluding carboxylic acids is 2. The van der Waals surface area contributed by atoms with E-state index in [1.807, 2.05) is 51.1 Å². The quantitative estimate of drug-likeness (QED) is 0.880. The molecule has 1 amide bonds. The van der Waals surface area contributed by atoms with Crippen LogP contribution in [0.3, 0.4) is 0 Å². The minimum absolute atomic E-state index is 0.138. The Kier molecular flexibility index (Phi) is 5.58. The summed E-state index contributed by atoms with van der Waals surface area (Å²) < 4.78 is 5.52. The summed E-state index contributed by atoms with van der Waals surface area (Å²) >= 11 is 0. The first kappa shape index (κ1) is 19.8. The molecule has 0 radical (unpaired) electrons. The Hall–Kier alpha value is -1.92. The van der Waals surface area contributed by atoms with E-state index in [0.29, 0.717) is 44.8 Å². The number of hydrogen-bond acceptors (Lipinski definition) is 5. The number of likely N-dealkylation sites (tertiary alicyclic amines) is 2. The van der Waals surface area contributed by atoms with E-state index in [1.54, 1.807) is 4.90 Å². The van der Waals surface area contributed by atoms with E-state index < -0.39 is 17.3 Å². The fourth-order valence-electron chi connectivity index (χ4n) is 3.93. The van der Waals surface area contributed by atoms with Gasteiger partial charge in [0.15, 0.2) is 0 Å². The van der Waals surface area contributed by atoms with E-state index in [4.69, 9.17) is 4.74 Å². The lowest BCUT2D eigenvalue weighted by atomic mass is 9.83. The second-order valence-electron chi connectivity index (χ2n) is 8.69. The minimum atomic E-state index is -1.13. The Morgan fingerprint density at radius 2 is 1.85 bits per heavy atom. The van der Waals surface area contributed by atoms with E-state index in [9.17, 15) is 14.7 Å². The van der Waals surface area contributed by atoms with Crippen LogP contribution in [0.15, 0.2) is 30.3 Å². The fraction of sp³-hybridized carbons (Fsp3) is 0.619. The Labute approximate surface area is 161 Å². The van der Waals surface area contributed by atoms with Gasteiger partial charge in [-0.3, -0.25) is 4.79 Å². The molecular weight excluding hydrogens is 344 g/mol. The minimum Gasteiger partial charge on any atom is -0.444 e. The van der Waals surface area contributed by atoms with Crippen LogP contribution in [0.4, 0.5) is 4.79 Å². The highest BCUT2D eigenvalue weighted by Crippen LogP contribution is 2.38. The van der Waals surface area contributed by atoms with Gasteiger partial charge in [-0.15, -0.1) is 0 Å². The number of ether oxygens (including phenoxy) is 1. The van der Waals surface area contributed by atoms with E-state index in [-0.39, 0.29) is 12.5 Å². The second-order valence-corrected chi connectivity index (χ2v) is 8.69. The summed E-state index contributed by atoms with van der Waals surface area (Å²) in [6.07, 6.45) is 0.728. The van der Waals surface area contributed by atoms with Crippen molar-refractivity contribution in [3.05, 3.63) is 35.9 Å². The molecule has 2 aliphatic rings. The van der Waals surface area contributed by atoms with Crippen molar-refractivity contribution in [2.45, 2.75) is 44.8 Å². The molecule has 0 aliphatic carbocycles. The molecule has 6 heteroatoms. The zero-order chi connectivity index (χ0) is 19.7. The van der Waals surface area contributed by atoms with Gasteiger partial charge in [-0.05, 0) is 26.3 Å². The molecule has 148 valence electrons. The lowest BCUT2D eigenvalue weighted by Crippen LogP contribution is -2.44. The lowest BCUT2D eigenvalue weighted by molar-refractivity contribution is -0.121. The zero-order valence-electron chi connectivity index (χ0n) is 16.5. The highest BCUT2D eigenvalue weighted by Gasteiger charge is 2.49. The van der Waals surface area contributed by atoms with E-state index in [1.165, 1.54) is 0 Å². The first-order chi connectivity index (χ1) is 12.7. The van der Waals surface area contributed by atoms with Gasteiger partial charge in [0.25, 0.3) is 0 Å². The lowest BCUT2D eigenvalue weighted by Gasteiger charge is -2.34. The molecule has 1 aromatic carbocycles. The van der Waals surface area contributed by atoms with Gasteiger partial charge in [-0.25, -0.2) is 4.79 Å². The molecule has 3 rings (SSSR count). The SMILES string of the molecule is CC(C)(C)OC(=O)N1C[C@H](CN2CCC(=O)CC2)[C@@](O)(c2ccccc2)C1. The van der Waals surface area contributed by atoms with Gasteiger partial charge in [-0.2, -0.15) is 0 Å². The normalized spacial score (nSPS) is 27.0. The smallest absolute Gasteiger partial charge is 0.410 e. The van der Waals surface area contributed by atoms with Crippen LogP contribution < -0.4 is 0 Å². The molecule has 27 heavy (non-hydrogen) atoms. The molecule has 0 aromatic heterocycles. The van der Waals surface area contributed by atoms with E-state index in [0.717, 1.165) is 5.56 Å². The summed E-state index contributed by atoms with van der Waals surface area (Å²) in [5.74, 6) is 0.159. The molecule has 6 nitrogen and oxygen atoms in total. The number of β-amino-alcohol motifs (C(OH)–C–C–N with tert-alkyl or cyclic N) is 1. The fourth-order valence-corrected chi connectivity index (χ4v) is 3.93. The maximum Gasteiger partial charge on any atom is 0.410 e. The van der Waals surface area contributed by atoms with Crippen LogP contribution in [0, 0.1) is 5.92 Å². The summed E-state index contributed by atoms with van der Waals surface area (Å²) in [6.45, 7) is 8.25. The molecule has 0 unspecified atom stereocenters. The number of hydrogen-bond donors (Lipinski definition) is 1. The van der Waals surface area contributed by atoms with Crippen molar-refractivity contribution in [1.82, 2.24) is 9.80 Å². The van der Waals surface area contributed by atoms with Crippen molar-refractivity contribution < 1.29 is 19.4 Å². The Morgan fingerprint density at radius 3 is 2.44 bits per heavy atom. The van der Waals surface area contributed by atoms with Crippen molar-refractivity contribution in [3.8, 4) is 0 Å². The Bertz CT molecular complexity index is 675. The van der Waals surface area contributed by atoms with Crippen LogP contribution in [0.25, 0.3) is 0 Å². The molecule has 1 N–H and O–H groups in total. The number of nitrogens with zero attached hydrogens (tertiary/aromatic N) is 2. The molecule has 2 aliphatic heterocycles. The molecular formula is C21H30N2O4. The third-order valence-corrected chi connectivity index (χ3v) is 5.37. The van der Waals surface area contributed by atoms with E-state index in [2.05, 4.69) is 4.90 Å². The van der Waals surface area contributed by atoms with Gasteiger partial charge in [0.2, 0.25) is 0 Å². The molecule has 2 fully saturated rings. The van der Waals surface area contributed by atoms with Crippen LogP contribution in [0.2, 0.25) is 0 Å². The molecule has 2 atom stereocenters. The van der Waals surface area contributed by atoms with Crippen molar-refractivity contribution >= 4 is 11.9 Å². The van der Waals surface area contributed by atoms with Crippen LogP contribution in [0.5, 0.6) is 0 Å².